The van der Waals surface area contributed by atoms with Crippen LogP contribution in [0.4, 0.5) is 26.3 Å². The first-order valence-corrected chi connectivity index (χ1v) is 11.6. The molecule has 0 saturated heterocycles. The van der Waals surface area contributed by atoms with Crippen LogP contribution in [-0.4, -0.2) is 6.36 Å². The molecule has 1 nitrogen and oxygen atoms in total. The van der Waals surface area contributed by atoms with Gasteiger partial charge in [-0.15, -0.1) is 13.2 Å². The molecule has 1 fully saturated rings. The van der Waals surface area contributed by atoms with Crippen molar-refractivity contribution in [3.63, 3.8) is 0 Å². The fraction of sp³-hybridized carbons (Fsp3) is 0.481. The zero-order valence-corrected chi connectivity index (χ0v) is 19.2. The lowest BCUT2D eigenvalue weighted by Crippen LogP contribution is -2.21. The molecule has 0 N–H and O–H groups in total. The first-order valence-electron chi connectivity index (χ1n) is 11.6. The third kappa shape index (κ3) is 7.19. The summed E-state index contributed by atoms with van der Waals surface area (Å²) in [5.41, 5.74) is 0.0538. The molecule has 1 aliphatic rings. The van der Waals surface area contributed by atoms with Crippen molar-refractivity contribution in [3.8, 4) is 17.6 Å². The molecular formula is C27H28F6O. The van der Waals surface area contributed by atoms with Crippen LogP contribution in [0.15, 0.2) is 30.3 Å². The molecule has 184 valence electrons. The Hall–Kier alpha value is -2.62. The number of hydrogen-bond donors (Lipinski definition) is 0. The van der Waals surface area contributed by atoms with Crippen molar-refractivity contribution in [3.05, 3.63) is 64.5 Å². The normalized spacial score (nSPS) is 19.3. The quantitative estimate of drug-likeness (QED) is 0.298. The molecule has 0 bridgehead atoms. The van der Waals surface area contributed by atoms with E-state index in [0.29, 0.717) is 23.8 Å². The summed E-state index contributed by atoms with van der Waals surface area (Å²) >= 11 is 0. The number of benzene rings is 2. The summed E-state index contributed by atoms with van der Waals surface area (Å²) in [6.07, 6.45) is 2.70. The monoisotopic (exact) mass is 482 g/mol. The Labute approximate surface area is 196 Å². The summed E-state index contributed by atoms with van der Waals surface area (Å²) in [4.78, 5) is 0. The van der Waals surface area contributed by atoms with Gasteiger partial charge in [0.25, 0.3) is 0 Å². The highest BCUT2D eigenvalue weighted by Crippen LogP contribution is 2.36. The number of alkyl halides is 3. The van der Waals surface area contributed by atoms with Gasteiger partial charge in [-0.2, -0.15) is 0 Å². The Morgan fingerprint density at radius 3 is 2.15 bits per heavy atom. The molecule has 2 aromatic carbocycles. The highest BCUT2D eigenvalue weighted by atomic mass is 19.4. The molecule has 7 heteroatoms. The van der Waals surface area contributed by atoms with Gasteiger partial charge in [0.05, 0.1) is 5.56 Å². The Bertz CT molecular complexity index is 1020. The molecular weight excluding hydrogens is 454 g/mol. The van der Waals surface area contributed by atoms with Gasteiger partial charge in [-0.05, 0) is 72.9 Å². The second kappa shape index (κ2) is 11.2. The van der Waals surface area contributed by atoms with Crippen molar-refractivity contribution in [1.82, 2.24) is 0 Å². The van der Waals surface area contributed by atoms with Crippen LogP contribution >= 0.6 is 0 Å². The second-order valence-electron chi connectivity index (χ2n) is 9.13. The summed E-state index contributed by atoms with van der Waals surface area (Å²) < 4.78 is 83.3. The van der Waals surface area contributed by atoms with Crippen LogP contribution in [0.1, 0.15) is 69.1 Å². The highest BCUT2D eigenvalue weighted by molar-refractivity contribution is 5.46. The average molecular weight is 483 g/mol. The molecule has 1 aliphatic carbocycles. The number of hydrogen-bond acceptors (Lipinski definition) is 1. The van der Waals surface area contributed by atoms with E-state index in [2.05, 4.69) is 30.4 Å². The van der Waals surface area contributed by atoms with Crippen LogP contribution in [0, 0.1) is 47.0 Å². The van der Waals surface area contributed by atoms with Crippen molar-refractivity contribution >= 4 is 0 Å². The third-order valence-electron chi connectivity index (χ3n) is 6.54. The van der Waals surface area contributed by atoms with Crippen LogP contribution < -0.4 is 4.74 Å². The van der Waals surface area contributed by atoms with Gasteiger partial charge in [0, 0.05) is 5.56 Å². The Balaban J connectivity index is 1.67. The van der Waals surface area contributed by atoms with Crippen LogP contribution in [0.3, 0.4) is 0 Å². The fourth-order valence-electron chi connectivity index (χ4n) is 4.78. The zero-order chi connectivity index (χ0) is 24.9. The minimum absolute atomic E-state index is 0.0396. The van der Waals surface area contributed by atoms with E-state index in [-0.39, 0.29) is 5.56 Å². The second-order valence-corrected chi connectivity index (χ2v) is 9.13. The number of halogens is 6. The first kappa shape index (κ1) is 26.0. The lowest BCUT2D eigenvalue weighted by Gasteiger charge is -2.32. The third-order valence-corrected chi connectivity index (χ3v) is 6.54. The molecule has 0 amide bonds. The van der Waals surface area contributed by atoms with Crippen LogP contribution in [0.5, 0.6) is 5.75 Å². The van der Waals surface area contributed by atoms with Crippen molar-refractivity contribution in [2.45, 2.75) is 65.2 Å². The molecule has 1 unspecified atom stereocenters. The molecule has 1 atom stereocenters. The van der Waals surface area contributed by atoms with Gasteiger partial charge >= 0.3 is 6.36 Å². The average Bonchev–Trinajstić information content (AvgIpc) is 2.75. The van der Waals surface area contributed by atoms with E-state index >= 15 is 0 Å². The van der Waals surface area contributed by atoms with E-state index in [0.717, 1.165) is 37.0 Å². The zero-order valence-electron chi connectivity index (χ0n) is 19.2. The lowest BCUT2D eigenvalue weighted by atomic mass is 9.73. The van der Waals surface area contributed by atoms with Gasteiger partial charge in [-0.3, -0.25) is 0 Å². The van der Waals surface area contributed by atoms with E-state index in [4.69, 9.17) is 0 Å². The fourth-order valence-corrected chi connectivity index (χ4v) is 4.78. The maximum atomic E-state index is 14.6. The molecule has 0 heterocycles. The summed E-state index contributed by atoms with van der Waals surface area (Å²) in [5.74, 6) is 2.43. The molecule has 1 saturated carbocycles. The summed E-state index contributed by atoms with van der Waals surface area (Å²) in [6, 6.07) is 5.10. The maximum absolute atomic E-state index is 14.6. The van der Waals surface area contributed by atoms with Crippen molar-refractivity contribution in [1.29, 1.82) is 0 Å². The summed E-state index contributed by atoms with van der Waals surface area (Å²) in [6.45, 7) is 4.32. The van der Waals surface area contributed by atoms with Crippen molar-refractivity contribution in [2.75, 3.05) is 0 Å². The number of ether oxygens (including phenoxy) is 1. The minimum atomic E-state index is -5.03. The van der Waals surface area contributed by atoms with E-state index in [1.54, 1.807) is 0 Å². The molecule has 0 aliphatic heterocycles. The molecule has 34 heavy (non-hydrogen) atoms. The van der Waals surface area contributed by atoms with Crippen LogP contribution in [-0.2, 0) is 6.42 Å². The van der Waals surface area contributed by atoms with Gasteiger partial charge in [0.1, 0.15) is 11.6 Å². The molecule has 0 aromatic heterocycles. The van der Waals surface area contributed by atoms with Crippen LogP contribution in [0.2, 0.25) is 0 Å². The lowest BCUT2D eigenvalue weighted by molar-refractivity contribution is -0.275. The summed E-state index contributed by atoms with van der Waals surface area (Å²) in [7, 11) is 0. The number of rotatable bonds is 6. The molecule has 0 radical (unpaired) electrons. The minimum Gasteiger partial charge on any atom is -0.403 e. The first-order chi connectivity index (χ1) is 16.1. The van der Waals surface area contributed by atoms with Gasteiger partial charge in [-0.1, -0.05) is 51.4 Å². The van der Waals surface area contributed by atoms with Gasteiger partial charge in [-0.25, -0.2) is 13.2 Å². The Kier molecular flexibility index (Phi) is 8.57. The molecule has 2 aromatic rings. The summed E-state index contributed by atoms with van der Waals surface area (Å²) in [5, 5.41) is 0. The van der Waals surface area contributed by atoms with E-state index < -0.39 is 35.1 Å². The van der Waals surface area contributed by atoms with Crippen molar-refractivity contribution < 1.29 is 31.1 Å². The van der Waals surface area contributed by atoms with Gasteiger partial charge in [0.15, 0.2) is 11.6 Å². The van der Waals surface area contributed by atoms with E-state index in [1.807, 2.05) is 0 Å². The smallest absolute Gasteiger partial charge is 0.403 e. The van der Waals surface area contributed by atoms with E-state index in [1.165, 1.54) is 37.8 Å². The van der Waals surface area contributed by atoms with Crippen LogP contribution in [0.25, 0.3) is 0 Å². The maximum Gasteiger partial charge on any atom is 0.573 e. The highest BCUT2D eigenvalue weighted by Gasteiger charge is 2.32. The van der Waals surface area contributed by atoms with Crippen molar-refractivity contribution in [2.24, 2.45) is 17.8 Å². The topological polar surface area (TPSA) is 9.23 Å². The Morgan fingerprint density at radius 1 is 0.941 bits per heavy atom. The van der Waals surface area contributed by atoms with Gasteiger partial charge < -0.3 is 4.74 Å². The Morgan fingerprint density at radius 2 is 1.59 bits per heavy atom. The SMILES string of the molecule is CCCC1CCC(C(C)Cc2cc(F)c(C#Cc3ccc(OC(F)(F)F)c(F)c3)c(F)c2)CC1. The van der Waals surface area contributed by atoms with Gasteiger partial charge in [0.2, 0.25) is 0 Å². The molecule has 0 spiro atoms. The predicted molar refractivity (Wildman–Crippen MR) is 119 cm³/mol. The largest absolute Gasteiger partial charge is 0.573 e. The van der Waals surface area contributed by atoms with E-state index in [9.17, 15) is 26.3 Å². The molecule has 3 rings (SSSR count). The standard InChI is InChI=1S/C27H28F6O/c1-3-4-18-5-9-21(10-6-18)17(2)13-20-15-23(28)22(24(29)16-20)11-7-19-8-12-26(25(30)14-19)34-27(31,32)33/h8,12,14-18,21H,3-6,9-10,13H2,1-2H3. The predicted octanol–water partition coefficient (Wildman–Crippen LogP) is 8.19.